The van der Waals surface area contributed by atoms with Gasteiger partial charge in [-0.3, -0.25) is 9.78 Å². The van der Waals surface area contributed by atoms with E-state index in [-0.39, 0.29) is 5.91 Å². The first kappa shape index (κ1) is 13.0. The van der Waals surface area contributed by atoms with E-state index in [1.165, 1.54) is 0 Å². The summed E-state index contributed by atoms with van der Waals surface area (Å²) in [7, 11) is 0. The van der Waals surface area contributed by atoms with Crippen LogP contribution >= 0.6 is 0 Å². The first-order valence-corrected chi connectivity index (χ1v) is 6.54. The smallest absolute Gasteiger partial charge is 0.223 e. The molecule has 1 aromatic rings. The largest absolute Gasteiger partial charge is 0.393 e. The minimum Gasteiger partial charge on any atom is -0.393 e. The quantitative estimate of drug-likeness (QED) is 0.834. The molecule has 1 aliphatic rings. The number of amides is 1. The van der Waals surface area contributed by atoms with Gasteiger partial charge in [-0.1, -0.05) is 6.07 Å². The zero-order valence-electron chi connectivity index (χ0n) is 10.7. The minimum absolute atomic E-state index is 0.129. The van der Waals surface area contributed by atoms with Crippen LogP contribution in [0.15, 0.2) is 24.4 Å². The molecular formula is C14H20N2O2. The number of pyridine rings is 1. The Balaban J connectivity index is 1.94. The van der Waals surface area contributed by atoms with Crippen LogP contribution in [0.3, 0.4) is 0 Å². The molecule has 18 heavy (non-hydrogen) atoms. The van der Waals surface area contributed by atoms with E-state index in [0.29, 0.717) is 25.4 Å². The third kappa shape index (κ3) is 3.81. The Labute approximate surface area is 108 Å². The molecule has 0 saturated heterocycles. The van der Waals surface area contributed by atoms with Gasteiger partial charge in [0.25, 0.3) is 0 Å². The van der Waals surface area contributed by atoms with E-state index in [0.717, 1.165) is 18.5 Å². The number of rotatable bonds is 6. The van der Waals surface area contributed by atoms with E-state index in [2.05, 4.69) is 4.98 Å². The van der Waals surface area contributed by atoms with Gasteiger partial charge in [0.05, 0.1) is 18.3 Å². The summed E-state index contributed by atoms with van der Waals surface area (Å²) in [6.07, 6.45) is 4.47. The van der Waals surface area contributed by atoms with E-state index in [1.54, 1.807) is 13.1 Å². The summed E-state index contributed by atoms with van der Waals surface area (Å²) in [6.45, 7) is 2.30. The molecule has 4 nitrogen and oxygen atoms in total. The van der Waals surface area contributed by atoms with Crippen LogP contribution in [0.2, 0.25) is 0 Å². The molecule has 1 unspecified atom stereocenters. The van der Waals surface area contributed by atoms with Gasteiger partial charge >= 0.3 is 0 Å². The average molecular weight is 248 g/mol. The molecule has 1 aromatic heterocycles. The number of hydrogen-bond acceptors (Lipinski definition) is 3. The van der Waals surface area contributed by atoms with E-state index in [1.807, 2.05) is 23.1 Å². The van der Waals surface area contributed by atoms with Crippen LogP contribution in [0, 0.1) is 0 Å². The standard InChI is InChI=1S/C14H20N2O2/c1-11(17)5-8-14(18)16(13-6-7-13)10-12-4-2-3-9-15-12/h2-4,9,11,13,17H,5-8,10H2,1H3. The van der Waals surface area contributed by atoms with Gasteiger partial charge in [-0.05, 0) is 38.3 Å². The maximum atomic E-state index is 12.1. The second kappa shape index (κ2) is 5.96. The van der Waals surface area contributed by atoms with Gasteiger partial charge < -0.3 is 10.0 Å². The molecular weight excluding hydrogens is 228 g/mol. The summed E-state index contributed by atoms with van der Waals surface area (Å²) in [5, 5.41) is 9.24. The normalized spacial score (nSPS) is 16.3. The van der Waals surface area contributed by atoms with Crippen molar-refractivity contribution >= 4 is 5.91 Å². The van der Waals surface area contributed by atoms with Crippen LogP contribution in [-0.4, -0.2) is 33.0 Å². The van der Waals surface area contributed by atoms with Crippen molar-refractivity contribution in [2.75, 3.05) is 0 Å². The number of carbonyl (C=O) groups is 1. The second-order valence-electron chi connectivity index (χ2n) is 4.96. The predicted molar refractivity (Wildman–Crippen MR) is 68.7 cm³/mol. The third-order valence-electron chi connectivity index (χ3n) is 3.14. The van der Waals surface area contributed by atoms with Crippen LogP contribution in [0.5, 0.6) is 0 Å². The molecule has 2 rings (SSSR count). The van der Waals surface area contributed by atoms with Crippen molar-refractivity contribution in [1.82, 2.24) is 9.88 Å². The highest BCUT2D eigenvalue weighted by Gasteiger charge is 2.32. The molecule has 0 aliphatic heterocycles. The minimum atomic E-state index is -0.412. The fourth-order valence-electron chi connectivity index (χ4n) is 1.95. The van der Waals surface area contributed by atoms with Gasteiger partial charge in [0.15, 0.2) is 0 Å². The van der Waals surface area contributed by atoms with Crippen LogP contribution in [0.25, 0.3) is 0 Å². The Morgan fingerprint density at radius 1 is 1.56 bits per heavy atom. The summed E-state index contributed by atoms with van der Waals surface area (Å²) in [6, 6.07) is 6.14. The molecule has 98 valence electrons. The SMILES string of the molecule is CC(O)CCC(=O)N(Cc1ccccn1)C1CC1. The predicted octanol–water partition coefficient (Wildman–Crippen LogP) is 1.73. The van der Waals surface area contributed by atoms with Crippen LogP contribution in [0.1, 0.15) is 38.3 Å². The summed E-state index contributed by atoms with van der Waals surface area (Å²) < 4.78 is 0. The summed E-state index contributed by atoms with van der Waals surface area (Å²) in [5.74, 6) is 0.129. The third-order valence-corrected chi connectivity index (χ3v) is 3.14. The summed E-state index contributed by atoms with van der Waals surface area (Å²) in [5.41, 5.74) is 0.926. The Kier molecular flexibility index (Phi) is 4.31. The molecule has 0 aromatic carbocycles. The van der Waals surface area contributed by atoms with E-state index >= 15 is 0 Å². The molecule has 4 heteroatoms. The van der Waals surface area contributed by atoms with Gasteiger partial charge in [0.1, 0.15) is 0 Å². The van der Waals surface area contributed by atoms with Crippen molar-refractivity contribution in [2.24, 2.45) is 0 Å². The Bertz CT molecular complexity index is 388. The van der Waals surface area contributed by atoms with Crippen LogP contribution < -0.4 is 0 Å². The lowest BCUT2D eigenvalue weighted by Gasteiger charge is -2.22. The van der Waals surface area contributed by atoms with Crippen LogP contribution in [0.4, 0.5) is 0 Å². The molecule has 1 heterocycles. The second-order valence-corrected chi connectivity index (χ2v) is 4.96. The lowest BCUT2D eigenvalue weighted by atomic mass is 10.2. The lowest BCUT2D eigenvalue weighted by Crippen LogP contribution is -2.33. The van der Waals surface area contributed by atoms with Crippen molar-refractivity contribution in [1.29, 1.82) is 0 Å². The molecule has 1 amide bonds. The summed E-state index contributed by atoms with van der Waals surface area (Å²) >= 11 is 0. The van der Waals surface area contributed by atoms with Crippen molar-refractivity contribution in [3.05, 3.63) is 30.1 Å². The molecule has 0 spiro atoms. The molecule has 0 radical (unpaired) electrons. The van der Waals surface area contributed by atoms with Crippen molar-refractivity contribution in [2.45, 2.75) is 51.3 Å². The molecule has 1 atom stereocenters. The Hall–Kier alpha value is -1.42. The van der Waals surface area contributed by atoms with Gasteiger partial charge in [0.2, 0.25) is 5.91 Å². The molecule has 1 fully saturated rings. The Morgan fingerprint density at radius 2 is 2.33 bits per heavy atom. The number of aliphatic hydroxyl groups is 1. The maximum absolute atomic E-state index is 12.1. The first-order chi connectivity index (χ1) is 8.66. The number of carbonyl (C=O) groups excluding carboxylic acids is 1. The number of aliphatic hydroxyl groups excluding tert-OH is 1. The first-order valence-electron chi connectivity index (χ1n) is 6.54. The number of hydrogen-bond donors (Lipinski definition) is 1. The zero-order valence-corrected chi connectivity index (χ0v) is 10.7. The fraction of sp³-hybridized carbons (Fsp3) is 0.571. The van der Waals surface area contributed by atoms with Gasteiger partial charge in [-0.15, -0.1) is 0 Å². The van der Waals surface area contributed by atoms with Crippen molar-refractivity contribution in [3.63, 3.8) is 0 Å². The average Bonchev–Trinajstić information content (AvgIpc) is 3.18. The molecule has 0 bridgehead atoms. The number of nitrogens with zero attached hydrogens (tertiary/aromatic N) is 2. The Morgan fingerprint density at radius 3 is 2.89 bits per heavy atom. The summed E-state index contributed by atoms with van der Waals surface area (Å²) in [4.78, 5) is 18.3. The topological polar surface area (TPSA) is 53.4 Å². The maximum Gasteiger partial charge on any atom is 0.223 e. The molecule has 1 saturated carbocycles. The lowest BCUT2D eigenvalue weighted by molar-refractivity contribution is -0.133. The van der Waals surface area contributed by atoms with E-state index in [4.69, 9.17) is 0 Å². The van der Waals surface area contributed by atoms with E-state index in [9.17, 15) is 9.90 Å². The number of aromatic nitrogens is 1. The highest BCUT2D eigenvalue weighted by atomic mass is 16.3. The molecule has 1 aliphatic carbocycles. The van der Waals surface area contributed by atoms with Crippen molar-refractivity contribution in [3.8, 4) is 0 Å². The molecule has 1 N–H and O–H groups in total. The highest BCUT2D eigenvalue weighted by Crippen LogP contribution is 2.28. The van der Waals surface area contributed by atoms with E-state index < -0.39 is 6.10 Å². The fourth-order valence-corrected chi connectivity index (χ4v) is 1.95. The van der Waals surface area contributed by atoms with Crippen LogP contribution in [-0.2, 0) is 11.3 Å². The van der Waals surface area contributed by atoms with Gasteiger partial charge in [-0.25, -0.2) is 0 Å². The van der Waals surface area contributed by atoms with Gasteiger partial charge in [-0.2, -0.15) is 0 Å². The van der Waals surface area contributed by atoms with Crippen molar-refractivity contribution < 1.29 is 9.90 Å². The van der Waals surface area contributed by atoms with Gasteiger partial charge in [0, 0.05) is 18.7 Å². The highest BCUT2D eigenvalue weighted by molar-refractivity contribution is 5.76. The zero-order chi connectivity index (χ0) is 13.0. The monoisotopic (exact) mass is 248 g/mol.